The lowest BCUT2D eigenvalue weighted by atomic mass is 9.90. The summed E-state index contributed by atoms with van der Waals surface area (Å²) in [5, 5.41) is 19.0. The molecule has 2 N–H and O–H groups in total. The third-order valence-corrected chi connectivity index (χ3v) is 3.41. The monoisotopic (exact) mass is 293 g/mol. The van der Waals surface area contributed by atoms with Crippen LogP contribution in [0.15, 0.2) is 24.3 Å². The number of carboxylic acid groups (broad SMARTS) is 1. The lowest BCUT2D eigenvalue weighted by molar-refractivity contribution is -0.149. The number of carbonyl (C=O) groups is 1. The Labute approximate surface area is 127 Å². The van der Waals surface area contributed by atoms with Gasteiger partial charge in [0.1, 0.15) is 11.8 Å². The molecule has 0 spiro atoms. The van der Waals surface area contributed by atoms with E-state index in [9.17, 15) is 15.0 Å². The Morgan fingerprint density at radius 3 is 1.81 bits per heavy atom. The first-order valence-electron chi connectivity index (χ1n) is 7.23. The average molecular weight is 293 g/mol. The third-order valence-electron chi connectivity index (χ3n) is 3.41. The zero-order valence-corrected chi connectivity index (χ0v) is 13.8. The summed E-state index contributed by atoms with van der Waals surface area (Å²) in [6.07, 6.45) is 0.407. The number of nitrogens with zero attached hydrogens (tertiary/aromatic N) is 1. The van der Waals surface area contributed by atoms with Crippen LogP contribution in [0.3, 0.4) is 0 Å². The number of aliphatic carboxylic acids is 1. The molecule has 4 heteroatoms. The van der Waals surface area contributed by atoms with Crippen molar-refractivity contribution < 1.29 is 15.0 Å². The fourth-order valence-corrected chi connectivity index (χ4v) is 3.09. The highest BCUT2D eigenvalue weighted by atomic mass is 16.4. The van der Waals surface area contributed by atoms with Crippen LogP contribution < -0.4 is 0 Å². The molecule has 21 heavy (non-hydrogen) atoms. The van der Waals surface area contributed by atoms with Crippen molar-refractivity contribution in [1.82, 2.24) is 4.90 Å². The lowest BCUT2D eigenvalue weighted by Crippen LogP contribution is -2.60. The third kappa shape index (κ3) is 4.74. The second-order valence-corrected chi connectivity index (χ2v) is 7.44. The van der Waals surface area contributed by atoms with Crippen molar-refractivity contribution in [3.63, 3.8) is 0 Å². The van der Waals surface area contributed by atoms with E-state index in [2.05, 4.69) is 0 Å². The second kappa shape index (κ2) is 6.06. The summed E-state index contributed by atoms with van der Waals surface area (Å²) in [4.78, 5) is 13.9. The largest absolute Gasteiger partial charge is 0.508 e. The van der Waals surface area contributed by atoms with Crippen molar-refractivity contribution in [3.8, 4) is 5.75 Å². The van der Waals surface area contributed by atoms with E-state index in [0.29, 0.717) is 6.42 Å². The molecule has 4 nitrogen and oxygen atoms in total. The van der Waals surface area contributed by atoms with Crippen molar-refractivity contribution in [2.45, 2.75) is 65.1 Å². The first-order valence-corrected chi connectivity index (χ1v) is 7.23. The highest BCUT2D eigenvalue weighted by Crippen LogP contribution is 2.29. The summed E-state index contributed by atoms with van der Waals surface area (Å²) >= 11 is 0. The summed E-state index contributed by atoms with van der Waals surface area (Å²) < 4.78 is 0. The van der Waals surface area contributed by atoms with Crippen LogP contribution in [-0.4, -0.2) is 38.2 Å². The molecule has 0 fully saturated rings. The van der Waals surface area contributed by atoms with Crippen LogP contribution >= 0.6 is 0 Å². The van der Waals surface area contributed by atoms with E-state index >= 15 is 0 Å². The number of phenols is 1. The molecule has 0 saturated carbocycles. The number of rotatable bonds is 4. The van der Waals surface area contributed by atoms with E-state index in [-0.39, 0.29) is 16.8 Å². The number of benzene rings is 1. The van der Waals surface area contributed by atoms with Crippen LogP contribution in [0.4, 0.5) is 0 Å². The van der Waals surface area contributed by atoms with Crippen LogP contribution in [0, 0.1) is 0 Å². The number of aromatic hydroxyl groups is 1. The van der Waals surface area contributed by atoms with Gasteiger partial charge in [-0.05, 0) is 65.7 Å². The Kier molecular flexibility index (Phi) is 5.05. The molecule has 0 aliphatic carbocycles. The van der Waals surface area contributed by atoms with Crippen LogP contribution in [0.1, 0.15) is 47.1 Å². The summed E-state index contributed by atoms with van der Waals surface area (Å²) in [5.74, 6) is -0.637. The Hall–Kier alpha value is -1.55. The molecule has 118 valence electrons. The molecule has 1 atom stereocenters. The first-order chi connectivity index (χ1) is 9.43. The molecule has 0 aliphatic heterocycles. The van der Waals surface area contributed by atoms with E-state index in [4.69, 9.17) is 0 Å². The smallest absolute Gasteiger partial charge is 0.321 e. The fraction of sp³-hybridized carbons (Fsp3) is 0.588. The quantitative estimate of drug-likeness (QED) is 0.894. The van der Waals surface area contributed by atoms with Gasteiger partial charge in [-0.25, -0.2) is 0 Å². The highest BCUT2D eigenvalue weighted by Gasteiger charge is 2.40. The SMILES string of the molecule is CC(C)(C)N([C@@H](Cc1ccc(O)cc1)C(=O)O)C(C)(C)C. The number of hydrogen-bond acceptors (Lipinski definition) is 3. The van der Waals surface area contributed by atoms with E-state index in [0.717, 1.165) is 5.56 Å². The molecule has 0 radical (unpaired) electrons. The number of hydrogen-bond donors (Lipinski definition) is 2. The molecular formula is C17H27NO3. The van der Waals surface area contributed by atoms with Crippen LogP contribution in [0.25, 0.3) is 0 Å². The molecule has 0 bridgehead atoms. The van der Waals surface area contributed by atoms with Gasteiger partial charge in [0.25, 0.3) is 0 Å². The van der Waals surface area contributed by atoms with E-state index in [1.165, 1.54) is 0 Å². The molecule has 0 amide bonds. The number of carboxylic acids is 1. The molecule has 0 aromatic heterocycles. The first kappa shape index (κ1) is 17.5. The van der Waals surface area contributed by atoms with Gasteiger partial charge >= 0.3 is 5.97 Å². The van der Waals surface area contributed by atoms with Gasteiger partial charge in [0.2, 0.25) is 0 Å². The second-order valence-electron chi connectivity index (χ2n) is 7.44. The number of phenolic OH excluding ortho intramolecular Hbond substituents is 1. The molecule has 1 aromatic carbocycles. The standard InChI is InChI=1S/C17H27NO3/c1-16(2,3)18(17(4,5)6)14(15(20)21)11-12-7-9-13(19)10-8-12/h7-10,14,19H,11H2,1-6H3,(H,20,21)/t14-/m0/s1. The predicted octanol–water partition coefficient (Wildman–Crippen LogP) is 3.29. The Balaban J connectivity index is 3.14. The molecular weight excluding hydrogens is 266 g/mol. The van der Waals surface area contributed by atoms with Crippen LogP contribution in [0.5, 0.6) is 5.75 Å². The van der Waals surface area contributed by atoms with E-state index in [1.54, 1.807) is 24.3 Å². The van der Waals surface area contributed by atoms with E-state index in [1.807, 2.05) is 46.4 Å². The summed E-state index contributed by atoms with van der Waals surface area (Å²) in [6.45, 7) is 12.2. The molecule has 0 saturated heterocycles. The fourth-order valence-electron chi connectivity index (χ4n) is 3.09. The molecule has 0 unspecified atom stereocenters. The maximum absolute atomic E-state index is 11.8. The topological polar surface area (TPSA) is 60.8 Å². The normalized spacial score (nSPS) is 14.2. The average Bonchev–Trinajstić information content (AvgIpc) is 2.27. The van der Waals surface area contributed by atoms with Crippen LogP contribution in [-0.2, 0) is 11.2 Å². The van der Waals surface area contributed by atoms with Gasteiger partial charge in [0, 0.05) is 11.1 Å². The Morgan fingerprint density at radius 1 is 1.05 bits per heavy atom. The van der Waals surface area contributed by atoms with Crippen molar-refractivity contribution in [3.05, 3.63) is 29.8 Å². The maximum Gasteiger partial charge on any atom is 0.321 e. The van der Waals surface area contributed by atoms with Gasteiger partial charge in [-0.3, -0.25) is 9.69 Å². The van der Waals surface area contributed by atoms with Gasteiger partial charge < -0.3 is 10.2 Å². The molecule has 1 rings (SSSR count). The minimum Gasteiger partial charge on any atom is -0.508 e. The zero-order valence-electron chi connectivity index (χ0n) is 13.8. The molecule has 0 heterocycles. The van der Waals surface area contributed by atoms with E-state index < -0.39 is 12.0 Å². The molecule has 0 aliphatic rings. The van der Waals surface area contributed by atoms with Gasteiger partial charge in [0.15, 0.2) is 0 Å². The van der Waals surface area contributed by atoms with Gasteiger partial charge in [-0.1, -0.05) is 12.1 Å². The highest BCUT2D eigenvalue weighted by molar-refractivity contribution is 5.74. The minimum absolute atomic E-state index is 0.189. The lowest BCUT2D eigenvalue weighted by Gasteiger charge is -2.48. The van der Waals surface area contributed by atoms with Gasteiger partial charge in [-0.15, -0.1) is 0 Å². The Bertz CT molecular complexity index is 466. The van der Waals surface area contributed by atoms with Gasteiger partial charge in [-0.2, -0.15) is 0 Å². The summed E-state index contributed by atoms with van der Waals surface area (Å²) in [5.41, 5.74) is 0.370. The van der Waals surface area contributed by atoms with Crippen molar-refractivity contribution in [2.75, 3.05) is 0 Å². The zero-order chi connectivity index (χ0) is 16.4. The summed E-state index contributed by atoms with van der Waals surface area (Å²) in [6, 6.07) is 6.11. The summed E-state index contributed by atoms with van der Waals surface area (Å²) in [7, 11) is 0. The van der Waals surface area contributed by atoms with Crippen molar-refractivity contribution in [1.29, 1.82) is 0 Å². The minimum atomic E-state index is -0.826. The van der Waals surface area contributed by atoms with Crippen molar-refractivity contribution >= 4 is 5.97 Å². The predicted molar refractivity (Wildman–Crippen MR) is 84.6 cm³/mol. The Morgan fingerprint density at radius 2 is 1.48 bits per heavy atom. The van der Waals surface area contributed by atoms with Crippen LogP contribution in [0.2, 0.25) is 0 Å². The van der Waals surface area contributed by atoms with Gasteiger partial charge in [0.05, 0.1) is 0 Å². The maximum atomic E-state index is 11.8. The molecule has 1 aromatic rings. The van der Waals surface area contributed by atoms with Crippen molar-refractivity contribution in [2.24, 2.45) is 0 Å².